The van der Waals surface area contributed by atoms with Crippen molar-refractivity contribution < 1.29 is 0 Å². The Morgan fingerprint density at radius 3 is 1.90 bits per heavy atom. The first-order chi connectivity index (χ1) is 4.74. The van der Waals surface area contributed by atoms with Gasteiger partial charge in [0.05, 0.1) is 6.17 Å². The maximum absolute atomic E-state index is 5.71. The Balaban J connectivity index is 3.41. The number of hydrogen-bond acceptors (Lipinski definition) is 2. The van der Waals surface area contributed by atoms with E-state index in [-0.39, 0.29) is 6.17 Å². The van der Waals surface area contributed by atoms with E-state index in [0.29, 0.717) is 6.04 Å². The zero-order chi connectivity index (χ0) is 7.98. The third kappa shape index (κ3) is 3.85. The third-order valence-corrected chi connectivity index (χ3v) is 1.88. The standard InChI is InChI=1S/C8H20N2/c1-4-7(5-2)10-8(9)6-3/h7-8,10H,4-6,9H2,1-3H3. The van der Waals surface area contributed by atoms with Crippen molar-refractivity contribution in [1.29, 1.82) is 0 Å². The van der Waals surface area contributed by atoms with Gasteiger partial charge in [0.1, 0.15) is 0 Å². The molecule has 62 valence electrons. The molecule has 2 nitrogen and oxygen atoms in total. The van der Waals surface area contributed by atoms with Gasteiger partial charge in [-0.15, -0.1) is 0 Å². The highest BCUT2D eigenvalue weighted by Gasteiger charge is 2.05. The first-order valence-electron chi connectivity index (χ1n) is 4.26. The van der Waals surface area contributed by atoms with Gasteiger partial charge in [-0.1, -0.05) is 20.8 Å². The van der Waals surface area contributed by atoms with E-state index >= 15 is 0 Å². The second kappa shape index (κ2) is 5.69. The van der Waals surface area contributed by atoms with Crippen LogP contribution in [0.1, 0.15) is 40.0 Å². The van der Waals surface area contributed by atoms with Crippen molar-refractivity contribution in [1.82, 2.24) is 5.32 Å². The molecule has 3 N–H and O–H groups in total. The predicted molar refractivity (Wildman–Crippen MR) is 45.8 cm³/mol. The van der Waals surface area contributed by atoms with Crippen LogP contribution in [0.4, 0.5) is 0 Å². The van der Waals surface area contributed by atoms with E-state index in [9.17, 15) is 0 Å². The van der Waals surface area contributed by atoms with Crippen LogP contribution in [0.3, 0.4) is 0 Å². The second-order valence-electron chi connectivity index (χ2n) is 2.69. The number of rotatable bonds is 5. The summed E-state index contributed by atoms with van der Waals surface area (Å²) in [6.45, 7) is 6.47. The Kier molecular flexibility index (Phi) is 5.64. The van der Waals surface area contributed by atoms with Crippen molar-refractivity contribution in [3.05, 3.63) is 0 Å². The molecule has 0 aromatic heterocycles. The smallest absolute Gasteiger partial charge is 0.0545 e. The van der Waals surface area contributed by atoms with Gasteiger partial charge in [-0.05, 0) is 19.3 Å². The van der Waals surface area contributed by atoms with Crippen molar-refractivity contribution in [3.8, 4) is 0 Å². The van der Waals surface area contributed by atoms with Crippen LogP contribution in [0.5, 0.6) is 0 Å². The summed E-state index contributed by atoms with van der Waals surface area (Å²) < 4.78 is 0. The van der Waals surface area contributed by atoms with Gasteiger partial charge in [0.2, 0.25) is 0 Å². The Morgan fingerprint density at radius 2 is 1.60 bits per heavy atom. The molecule has 0 bridgehead atoms. The molecule has 0 heterocycles. The summed E-state index contributed by atoms with van der Waals surface area (Å²) in [7, 11) is 0. The van der Waals surface area contributed by atoms with Gasteiger partial charge in [0, 0.05) is 6.04 Å². The maximum atomic E-state index is 5.71. The van der Waals surface area contributed by atoms with Gasteiger partial charge in [0.25, 0.3) is 0 Å². The lowest BCUT2D eigenvalue weighted by molar-refractivity contribution is 0.406. The van der Waals surface area contributed by atoms with Crippen LogP contribution in [0.2, 0.25) is 0 Å². The molecule has 0 spiro atoms. The van der Waals surface area contributed by atoms with Crippen molar-refractivity contribution in [2.24, 2.45) is 5.73 Å². The molecule has 0 aliphatic heterocycles. The third-order valence-electron chi connectivity index (χ3n) is 1.88. The fraction of sp³-hybridized carbons (Fsp3) is 1.00. The van der Waals surface area contributed by atoms with Crippen molar-refractivity contribution >= 4 is 0 Å². The number of nitrogens with two attached hydrogens (primary N) is 1. The Hall–Kier alpha value is -0.0800. The fourth-order valence-electron chi connectivity index (χ4n) is 0.945. The largest absolute Gasteiger partial charge is 0.316 e. The molecule has 0 saturated carbocycles. The van der Waals surface area contributed by atoms with Gasteiger partial charge in [0.15, 0.2) is 0 Å². The lowest BCUT2D eigenvalue weighted by atomic mass is 10.1. The summed E-state index contributed by atoms with van der Waals surface area (Å²) in [6.07, 6.45) is 3.54. The minimum absolute atomic E-state index is 0.185. The summed E-state index contributed by atoms with van der Waals surface area (Å²) in [6, 6.07) is 0.606. The summed E-state index contributed by atoms with van der Waals surface area (Å²) >= 11 is 0. The van der Waals surface area contributed by atoms with E-state index in [1.54, 1.807) is 0 Å². The topological polar surface area (TPSA) is 38.0 Å². The van der Waals surface area contributed by atoms with Gasteiger partial charge in [-0.2, -0.15) is 0 Å². The lowest BCUT2D eigenvalue weighted by Crippen LogP contribution is -2.43. The van der Waals surface area contributed by atoms with E-state index in [4.69, 9.17) is 5.73 Å². The zero-order valence-electron chi connectivity index (χ0n) is 7.35. The highest BCUT2D eigenvalue weighted by Crippen LogP contribution is 1.97. The minimum Gasteiger partial charge on any atom is -0.316 e. The van der Waals surface area contributed by atoms with Crippen LogP contribution >= 0.6 is 0 Å². The average Bonchev–Trinajstić information content (AvgIpc) is 1.99. The molecule has 0 aromatic carbocycles. The zero-order valence-corrected chi connectivity index (χ0v) is 7.35. The van der Waals surface area contributed by atoms with Gasteiger partial charge < -0.3 is 5.73 Å². The molecular weight excluding hydrogens is 124 g/mol. The number of hydrogen-bond donors (Lipinski definition) is 2. The summed E-state index contributed by atoms with van der Waals surface area (Å²) in [4.78, 5) is 0. The quantitative estimate of drug-likeness (QED) is 0.573. The lowest BCUT2D eigenvalue weighted by Gasteiger charge is -2.19. The predicted octanol–water partition coefficient (Wildman–Crippen LogP) is 1.46. The molecule has 0 fully saturated rings. The molecule has 0 radical (unpaired) electrons. The molecule has 0 aromatic rings. The van der Waals surface area contributed by atoms with E-state index < -0.39 is 0 Å². The average molecular weight is 144 g/mol. The molecule has 0 aliphatic carbocycles. The van der Waals surface area contributed by atoms with Crippen molar-refractivity contribution in [3.63, 3.8) is 0 Å². The molecule has 0 saturated heterocycles. The van der Waals surface area contributed by atoms with Gasteiger partial charge >= 0.3 is 0 Å². The molecule has 0 aliphatic rings. The van der Waals surface area contributed by atoms with Crippen LogP contribution in [-0.4, -0.2) is 12.2 Å². The van der Waals surface area contributed by atoms with E-state index in [1.165, 1.54) is 12.8 Å². The van der Waals surface area contributed by atoms with Crippen molar-refractivity contribution in [2.75, 3.05) is 0 Å². The van der Waals surface area contributed by atoms with Crippen LogP contribution < -0.4 is 11.1 Å². The van der Waals surface area contributed by atoms with Crippen LogP contribution in [0.15, 0.2) is 0 Å². The molecule has 1 atom stereocenters. The molecule has 10 heavy (non-hydrogen) atoms. The first-order valence-corrected chi connectivity index (χ1v) is 4.26. The Bertz CT molecular complexity index is 69.7. The molecule has 0 amide bonds. The Labute approximate surface area is 64.2 Å². The van der Waals surface area contributed by atoms with E-state index in [2.05, 4.69) is 26.1 Å². The molecule has 2 heteroatoms. The second-order valence-corrected chi connectivity index (χ2v) is 2.69. The summed E-state index contributed by atoms with van der Waals surface area (Å²) in [5.74, 6) is 0. The van der Waals surface area contributed by atoms with Crippen LogP contribution in [0.25, 0.3) is 0 Å². The molecular formula is C8H20N2. The first kappa shape index (κ1) is 9.92. The highest BCUT2D eigenvalue weighted by molar-refractivity contribution is 4.65. The summed E-state index contributed by atoms with van der Waals surface area (Å²) in [5, 5.41) is 3.34. The fourth-order valence-corrected chi connectivity index (χ4v) is 0.945. The Morgan fingerprint density at radius 1 is 1.10 bits per heavy atom. The van der Waals surface area contributed by atoms with Crippen LogP contribution in [-0.2, 0) is 0 Å². The highest BCUT2D eigenvalue weighted by atomic mass is 15.0. The van der Waals surface area contributed by atoms with Gasteiger partial charge in [-0.3, -0.25) is 5.32 Å². The monoisotopic (exact) mass is 144 g/mol. The maximum Gasteiger partial charge on any atom is 0.0545 e. The molecule has 0 rings (SSSR count). The van der Waals surface area contributed by atoms with Crippen LogP contribution in [0, 0.1) is 0 Å². The minimum atomic E-state index is 0.185. The molecule has 1 unspecified atom stereocenters. The summed E-state index contributed by atoms with van der Waals surface area (Å²) in [5.41, 5.74) is 5.71. The normalized spacial score (nSPS) is 14.1. The van der Waals surface area contributed by atoms with E-state index in [0.717, 1.165) is 6.42 Å². The number of nitrogens with one attached hydrogen (secondary N) is 1. The van der Waals surface area contributed by atoms with E-state index in [1.807, 2.05) is 0 Å². The SMILES string of the molecule is CCC(N)NC(CC)CC. The van der Waals surface area contributed by atoms with Crippen molar-refractivity contribution in [2.45, 2.75) is 52.2 Å². The van der Waals surface area contributed by atoms with Gasteiger partial charge in [-0.25, -0.2) is 0 Å².